The topological polar surface area (TPSA) is 208 Å². The Morgan fingerprint density at radius 1 is 1.10 bits per heavy atom. The van der Waals surface area contributed by atoms with Crippen molar-refractivity contribution in [3.8, 4) is 0 Å². The number of rotatable bonds is 12. The third-order valence-corrected chi connectivity index (χ3v) is 7.49. The smallest absolute Gasteiger partial charge is 0.326 e. The molecular formula is C27H38N8O5. The predicted octanol–water partition coefficient (Wildman–Crippen LogP) is -0.439. The summed E-state index contributed by atoms with van der Waals surface area (Å²) in [5.74, 6) is -2.45. The number of carbonyl (C=O) groups excluding carboxylic acids is 3. The number of benzene rings is 1. The molecule has 0 radical (unpaired) electrons. The largest absolute Gasteiger partial charge is 0.480 e. The Kier molecular flexibility index (Phi) is 9.59. The lowest BCUT2D eigenvalue weighted by molar-refractivity contribution is -0.143. The molecule has 9 N–H and O–H groups in total. The van der Waals surface area contributed by atoms with Gasteiger partial charge in [0.15, 0.2) is 5.96 Å². The molecule has 2 aliphatic heterocycles. The molecule has 13 nitrogen and oxygen atoms in total. The van der Waals surface area contributed by atoms with E-state index in [4.69, 9.17) is 11.5 Å². The van der Waals surface area contributed by atoms with Crippen molar-refractivity contribution in [2.45, 2.75) is 69.1 Å². The summed E-state index contributed by atoms with van der Waals surface area (Å²) in [6.45, 7) is 1.48. The average molecular weight is 555 g/mol. The summed E-state index contributed by atoms with van der Waals surface area (Å²) in [7, 11) is 0. The number of aliphatic imine (C=N–C) groups is 1. The number of hydrogen-bond donors (Lipinski definition) is 7. The van der Waals surface area contributed by atoms with E-state index in [-0.39, 0.29) is 37.3 Å². The lowest BCUT2D eigenvalue weighted by Crippen LogP contribution is -2.56. The Labute approximate surface area is 232 Å². The van der Waals surface area contributed by atoms with Crippen molar-refractivity contribution in [3.05, 3.63) is 36.0 Å². The maximum atomic E-state index is 13.4. The number of carboxylic acid groups (broad SMARTS) is 1. The molecule has 0 bridgehead atoms. The van der Waals surface area contributed by atoms with E-state index in [2.05, 4.69) is 25.9 Å². The summed E-state index contributed by atoms with van der Waals surface area (Å²) in [6.07, 6.45) is 5.14. The Bertz CT molecular complexity index is 1250. The van der Waals surface area contributed by atoms with Crippen LogP contribution in [0.2, 0.25) is 0 Å². The van der Waals surface area contributed by atoms with Crippen molar-refractivity contribution >= 4 is 40.6 Å². The number of H-pyrrole nitrogens is 1. The summed E-state index contributed by atoms with van der Waals surface area (Å²) in [5, 5.41) is 19.3. The molecule has 0 saturated carbocycles. The molecule has 0 aliphatic carbocycles. The molecular weight excluding hydrogens is 516 g/mol. The van der Waals surface area contributed by atoms with Gasteiger partial charge in [0, 0.05) is 36.6 Å². The van der Waals surface area contributed by atoms with Gasteiger partial charge in [-0.2, -0.15) is 0 Å². The number of para-hydroxylation sites is 1. The number of nitrogens with zero attached hydrogens (tertiary/aromatic N) is 2. The minimum absolute atomic E-state index is 0.0546. The number of hydrogen-bond acceptors (Lipinski definition) is 6. The zero-order valence-electron chi connectivity index (χ0n) is 22.4. The Hall–Kier alpha value is -4.13. The highest BCUT2D eigenvalue weighted by molar-refractivity contribution is 5.94. The minimum atomic E-state index is -1.22. The summed E-state index contributed by atoms with van der Waals surface area (Å²) in [5.41, 5.74) is 12.4. The van der Waals surface area contributed by atoms with Gasteiger partial charge in [0.05, 0.1) is 6.04 Å². The van der Waals surface area contributed by atoms with Gasteiger partial charge in [-0.1, -0.05) is 18.2 Å². The molecule has 4 rings (SSSR count). The Morgan fingerprint density at radius 3 is 2.62 bits per heavy atom. The van der Waals surface area contributed by atoms with E-state index >= 15 is 0 Å². The second-order valence-corrected chi connectivity index (χ2v) is 10.3. The standard InChI is InChI=1S/C27H38N8O5/c28-27(29)31-12-3-8-19(33-24(37)22-10-5-13-35(22)25(38)20-9-4-11-30-20)23(36)34-21(26(39)40)14-16-15-32-18-7-2-1-6-17(16)18/h1-2,6-7,15,19-22,30,32H,3-5,8-14H2,(H,33,37)(H,34,36)(H,39,40)(H4,28,29,31). The molecule has 216 valence electrons. The van der Waals surface area contributed by atoms with Crippen LogP contribution < -0.4 is 27.4 Å². The first kappa shape index (κ1) is 28.9. The third kappa shape index (κ3) is 7.08. The molecule has 40 heavy (non-hydrogen) atoms. The van der Waals surface area contributed by atoms with E-state index in [9.17, 15) is 24.3 Å². The molecule has 3 amide bonds. The van der Waals surface area contributed by atoms with Crippen molar-refractivity contribution < 1.29 is 24.3 Å². The molecule has 3 heterocycles. The number of guanidine groups is 1. The van der Waals surface area contributed by atoms with E-state index in [1.54, 1.807) is 11.1 Å². The van der Waals surface area contributed by atoms with E-state index in [1.807, 2.05) is 24.3 Å². The van der Waals surface area contributed by atoms with Crippen molar-refractivity contribution in [1.82, 2.24) is 25.8 Å². The summed E-state index contributed by atoms with van der Waals surface area (Å²) < 4.78 is 0. The number of aromatic amines is 1. The van der Waals surface area contributed by atoms with Crippen LogP contribution in [-0.2, 0) is 25.6 Å². The SMILES string of the molecule is NC(N)=NCCCC(NC(=O)C1CCCN1C(=O)C1CCCN1)C(=O)NC(Cc1c[nH]c2ccccc12)C(=O)O. The minimum Gasteiger partial charge on any atom is -0.480 e. The zero-order valence-corrected chi connectivity index (χ0v) is 22.4. The van der Waals surface area contributed by atoms with Crippen LogP contribution in [0.5, 0.6) is 0 Å². The third-order valence-electron chi connectivity index (χ3n) is 7.49. The van der Waals surface area contributed by atoms with Crippen LogP contribution in [0.3, 0.4) is 0 Å². The van der Waals surface area contributed by atoms with E-state index in [1.165, 1.54) is 0 Å². The predicted molar refractivity (Wildman–Crippen MR) is 149 cm³/mol. The molecule has 0 spiro atoms. The van der Waals surface area contributed by atoms with E-state index < -0.39 is 35.9 Å². The fraction of sp³-hybridized carbons (Fsp3) is 0.519. The van der Waals surface area contributed by atoms with Crippen molar-refractivity contribution in [1.29, 1.82) is 0 Å². The van der Waals surface area contributed by atoms with Crippen LogP contribution >= 0.6 is 0 Å². The van der Waals surface area contributed by atoms with Gasteiger partial charge in [-0.3, -0.25) is 19.4 Å². The molecule has 2 saturated heterocycles. The number of carbonyl (C=O) groups is 4. The Morgan fingerprint density at radius 2 is 1.90 bits per heavy atom. The van der Waals surface area contributed by atoms with Crippen LogP contribution in [0.4, 0.5) is 0 Å². The number of carboxylic acids is 1. The van der Waals surface area contributed by atoms with Gasteiger partial charge < -0.3 is 42.4 Å². The van der Waals surface area contributed by atoms with Crippen molar-refractivity contribution in [3.63, 3.8) is 0 Å². The van der Waals surface area contributed by atoms with Crippen molar-refractivity contribution in [2.75, 3.05) is 19.6 Å². The normalized spacial score (nSPS) is 20.1. The molecule has 1 aromatic carbocycles. The number of likely N-dealkylation sites (tertiary alicyclic amines) is 1. The van der Waals surface area contributed by atoms with Gasteiger partial charge in [0.2, 0.25) is 17.7 Å². The van der Waals surface area contributed by atoms with Gasteiger partial charge in [0.1, 0.15) is 18.1 Å². The van der Waals surface area contributed by atoms with Crippen LogP contribution in [0.25, 0.3) is 10.9 Å². The van der Waals surface area contributed by atoms with Crippen LogP contribution in [0, 0.1) is 0 Å². The van der Waals surface area contributed by atoms with E-state index in [0.29, 0.717) is 25.8 Å². The lowest BCUT2D eigenvalue weighted by Gasteiger charge is -2.28. The Balaban J connectivity index is 1.45. The van der Waals surface area contributed by atoms with Crippen molar-refractivity contribution in [2.24, 2.45) is 16.5 Å². The molecule has 1 aromatic heterocycles. The fourth-order valence-electron chi connectivity index (χ4n) is 5.43. The summed E-state index contributed by atoms with van der Waals surface area (Å²) in [4.78, 5) is 60.5. The molecule has 13 heteroatoms. The lowest BCUT2D eigenvalue weighted by atomic mass is 10.0. The average Bonchev–Trinajstić information content (AvgIpc) is 3.70. The maximum absolute atomic E-state index is 13.4. The number of aromatic nitrogens is 1. The van der Waals surface area contributed by atoms with Crippen LogP contribution in [0.15, 0.2) is 35.5 Å². The van der Waals surface area contributed by atoms with Crippen LogP contribution in [-0.4, -0.2) is 88.4 Å². The molecule has 4 unspecified atom stereocenters. The first-order valence-corrected chi connectivity index (χ1v) is 13.7. The number of nitrogens with one attached hydrogen (secondary N) is 4. The summed E-state index contributed by atoms with van der Waals surface area (Å²) >= 11 is 0. The van der Waals surface area contributed by atoms with Gasteiger partial charge in [-0.15, -0.1) is 0 Å². The number of nitrogens with two attached hydrogens (primary N) is 2. The molecule has 2 aliphatic rings. The molecule has 4 atom stereocenters. The summed E-state index contributed by atoms with van der Waals surface area (Å²) in [6, 6.07) is 4.25. The highest BCUT2D eigenvalue weighted by Gasteiger charge is 2.39. The van der Waals surface area contributed by atoms with Gasteiger partial charge in [-0.25, -0.2) is 4.79 Å². The van der Waals surface area contributed by atoms with Gasteiger partial charge >= 0.3 is 5.97 Å². The fourth-order valence-corrected chi connectivity index (χ4v) is 5.43. The number of amides is 3. The van der Waals surface area contributed by atoms with Gasteiger partial charge in [-0.05, 0) is 56.7 Å². The number of fused-ring (bicyclic) bond motifs is 1. The highest BCUT2D eigenvalue weighted by atomic mass is 16.4. The maximum Gasteiger partial charge on any atom is 0.326 e. The molecule has 2 aromatic rings. The monoisotopic (exact) mass is 554 g/mol. The molecule has 2 fully saturated rings. The second kappa shape index (κ2) is 13.3. The quantitative estimate of drug-likeness (QED) is 0.104. The zero-order chi connectivity index (χ0) is 28.6. The van der Waals surface area contributed by atoms with E-state index in [0.717, 1.165) is 35.9 Å². The second-order valence-electron chi connectivity index (χ2n) is 10.3. The first-order chi connectivity index (χ1) is 19.2. The van der Waals surface area contributed by atoms with Crippen LogP contribution in [0.1, 0.15) is 44.1 Å². The van der Waals surface area contributed by atoms with Gasteiger partial charge in [0.25, 0.3) is 0 Å². The highest BCUT2D eigenvalue weighted by Crippen LogP contribution is 2.22. The number of aliphatic carboxylic acids is 1. The first-order valence-electron chi connectivity index (χ1n) is 13.7.